The van der Waals surface area contributed by atoms with Crippen LogP contribution in [0.4, 0.5) is 0 Å². The molecule has 0 saturated carbocycles. The zero-order chi connectivity index (χ0) is 25.5. The molecule has 0 radical (unpaired) electrons. The second-order valence-corrected chi connectivity index (χ2v) is 14.4. The Morgan fingerprint density at radius 3 is 1.03 bits per heavy atom. The van der Waals surface area contributed by atoms with Crippen LogP contribution >= 0.6 is 63.7 Å². The van der Waals surface area contributed by atoms with Crippen LogP contribution in [0.15, 0.2) is 42.2 Å². The van der Waals surface area contributed by atoms with Crippen LogP contribution in [0.5, 0.6) is 11.5 Å². The van der Waals surface area contributed by atoms with E-state index in [2.05, 4.69) is 143 Å². The third-order valence-electron chi connectivity index (χ3n) is 5.64. The molecule has 0 aliphatic heterocycles. The zero-order valence-corrected chi connectivity index (χ0v) is 26.8. The predicted octanol–water partition coefficient (Wildman–Crippen LogP) is 8.48. The molecule has 0 fully saturated rings. The zero-order valence-electron chi connectivity index (χ0n) is 20.4. The Balaban J connectivity index is 2.44. The van der Waals surface area contributed by atoms with Crippen LogP contribution in [-0.4, -0.2) is 12.5 Å². The van der Waals surface area contributed by atoms with Crippen molar-refractivity contribution >= 4 is 63.7 Å². The van der Waals surface area contributed by atoms with E-state index in [1.807, 2.05) is 0 Å². The van der Waals surface area contributed by atoms with Gasteiger partial charge < -0.3 is 9.47 Å². The Hall–Kier alpha value is -0.120. The molecule has 0 aliphatic rings. The summed E-state index contributed by atoms with van der Waals surface area (Å²) in [6.07, 6.45) is -0.884. The van der Waals surface area contributed by atoms with E-state index in [4.69, 9.17) is 20.9 Å². The second kappa shape index (κ2) is 10.5. The molecule has 2 rings (SSSR count). The highest BCUT2D eigenvalue weighted by molar-refractivity contribution is 9.11. The van der Waals surface area contributed by atoms with Gasteiger partial charge in [-0.1, -0.05) is 55.4 Å². The first-order chi connectivity index (χ1) is 14.9. The van der Waals surface area contributed by atoms with Gasteiger partial charge >= 0.3 is 0 Å². The molecule has 0 amide bonds. The van der Waals surface area contributed by atoms with Crippen molar-refractivity contribution < 1.29 is 9.47 Å². The van der Waals surface area contributed by atoms with Gasteiger partial charge in [0.15, 0.2) is 12.5 Å². The molecule has 0 saturated heterocycles. The molecule has 2 aromatic rings. The lowest BCUT2D eigenvalue weighted by Crippen LogP contribution is -2.40. The highest BCUT2D eigenvalue weighted by atomic mass is 79.9. The summed E-state index contributed by atoms with van der Waals surface area (Å²) in [7, 11) is 0. The molecular weight excluding hydrogens is 680 g/mol. The summed E-state index contributed by atoms with van der Waals surface area (Å²) in [5, 5.41) is 0. The average Bonchev–Trinajstić information content (AvgIpc) is 2.65. The molecule has 2 unspecified atom stereocenters. The number of hydrogen-bond donors (Lipinski definition) is 2. The molecule has 4 N–H and O–H groups in total. The predicted molar refractivity (Wildman–Crippen MR) is 152 cm³/mol. The van der Waals surface area contributed by atoms with Crippen LogP contribution in [0.1, 0.15) is 66.5 Å². The Labute approximate surface area is 232 Å². The van der Waals surface area contributed by atoms with Gasteiger partial charge in [0, 0.05) is 16.2 Å². The molecule has 33 heavy (non-hydrogen) atoms. The van der Waals surface area contributed by atoms with Crippen LogP contribution in [0.2, 0.25) is 0 Å². The monoisotopic (exact) mass is 710 g/mol. The van der Waals surface area contributed by atoms with Gasteiger partial charge in [-0.3, -0.25) is 11.5 Å². The van der Waals surface area contributed by atoms with Crippen molar-refractivity contribution in [1.29, 1.82) is 0 Å². The van der Waals surface area contributed by atoms with E-state index in [1.165, 1.54) is 0 Å². The molecule has 0 spiro atoms. The molecule has 4 nitrogen and oxygen atoms in total. The summed E-state index contributed by atoms with van der Waals surface area (Å²) in [5.41, 5.74) is 14.0. The Bertz CT molecular complexity index is 885. The number of hydrogen-bond acceptors (Lipinski definition) is 4. The van der Waals surface area contributed by atoms with Crippen LogP contribution < -0.4 is 20.9 Å². The molecule has 0 bridgehead atoms. The fourth-order valence-electron chi connectivity index (χ4n) is 2.84. The first kappa shape index (κ1) is 29.1. The number of ether oxygens (including phenoxy) is 2. The maximum Gasteiger partial charge on any atom is 0.152 e. The number of halogens is 4. The van der Waals surface area contributed by atoms with Gasteiger partial charge in [0.1, 0.15) is 11.5 Å². The fourth-order valence-corrected chi connectivity index (χ4v) is 5.59. The molecule has 2 atom stereocenters. The van der Waals surface area contributed by atoms with Gasteiger partial charge in [-0.25, -0.2) is 0 Å². The molecule has 8 heteroatoms. The standard InChI is InChI=1S/C25H34Br4N2O2/c1-23(2,3)21(30)32-19-15(26)9-13(10-16(19)27)25(7,8)14-11-17(28)20(18(29)12-14)33-22(31)24(4,5)6/h9-12,21-22H,30-31H2,1-8H3. The topological polar surface area (TPSA) is 70.5 Å². The van der Waals surface area contributed by atoms with Crippen molar-refractivity contribution in [3.63, 3.8) is 0 Å². The highest BCUT2D eigenvalue weighted by Gasteiger charge is 2.30. The van der Waals surface area contributed by atoms with Gasteiger partial charge in [-0.15, -0.1) is 0 Å². The minimum absolute atomic E-state index is 0.186. The van der Waals surface area contributed by atoms with Crippen molar-refractivity contribution in [2.24, 2.45) is 22.3 Å². The first-order valence-corrected chi connectivity index (χ1v) is 13.9. The van der Waals surface area contributed by atoms with E-state index in [0.29, 0.717) is 11.5 Å². The molecule has 0 aliphatic carbocycles. The van der Waals surface area contributed by atoms with Crippen molar-refractivity contribution in [2.45, 2.75) is 73.3 Å². The smallest absolute Gasteiger partial charge is 0.152 e. The van der Waals surface area contributed by atoms with Crippen LogP contribution in [0.3, 0.4) is 0 Å². The van der Waals surface area contributed by atoms with Crippen molar-refractivity contribution in [1.82, 2.24) is 0 Å². The molecular formula is C25H34Br4N2O2. The summed E-state index contributed by atoms with van der Waals surface area (Å²) in [4.78, 5) is 0. The third kappa shape index (κ3) is 6.98. The van der Waals surface area contributed by atoms with E-state index in [1.54, 1.807) is 0 Å². The summed E-state index contributed by atoms with van der Waals surface area (Å²) in [5.74, 6) is 1.39. The van der Waals surface area contributed by atoms with Gasteiger partial charge in [0.05, 0.1) is 17.9 Å². The Kier molecular flexibility index (Phi) is 9.24. The molecule has 2 aromatic carbocycles. The van der Waals surface area contributed by atoms with Crippen LogP contribution in [0, 0.1) is 10.8 Å². The van der Waals surface area contributed by atoms with Gasteiger partial charge in [0.2, 0.25) is 0 Å². The Morgan fingerprint density at radius 1 is 0.576 bits per heavy atom. The second-order valence-electron chi connectivity index (χ2n) is 11.0. The minimum Gasteiger partial charge on any atom is -0.473 e. The quantitative estimate of drug-likeness (QED) is 0.295. The maximum absolute atomic E-state index is 6.25. The lowest BCUT2D eigenvalue weighted by molar-refractivity contribution is 0.0910. The normalized spacial score (nSPS) is 14.7. The van der Waals surface area contributed by atoms with Crippen molar-refractivity contribution in [3.8, 4) is 11.5 Å². The molecule has 184 valence electrons. The largest absolute Gasteiger partial charge is 0.473 e. The van der Waals surface area contributed by atoms with Crippen molar-refractivity contribution in [3.05, 3.63) is 53.3 Å². The van der Waals surface area contributed by atoms with E-state index in [9.17, 15) is 0 Å². The first-order valence-electron chi connectivity index (χ1n) is 10.7. The van der Waals surface area contributed by atoms with E-state index in [-0.39, 0.29) is 16.2 Å². The number of rotatable bonds is 6. The van der Waals surface area contributed by atoms with E-state index >= 15 is 0 Å². The summed E-state index contributed by atoms with van der Waals surface area (Å²) in [6.45, 7) is 16.7. The maximum atomic E-state index is 6.25. The highest BCUT2D eigenvalue weighted by Crippen LogP contribution is 2.45. The van der Waals surface area contributed by atoms with E-state index in [0.717, 1.165) is 29.0 Å². The minimum atomic E-state index is -0.442. The summed E-state index contributed by atoms with van der Waals surface area (Å²) in [6, 6.07) is 8.32. The fraction of sp³-hybridized carbons (Fsp3) is 0.520. The number of benzene rings is 2. The SMILES string of the molecule is CC(C)(c1cc(Br)c(OC(N)C(C)(C)C)c(Br)c1)c1cc(Br)c(OC(N)C(C)(C)C)c(Br)c1. The van der Waals surface area contributed by atoms with Gasteiger partial charge in [-0.05, 0) is 99.1 Å². The van der Waals surface area contributed by atoms with Gasteiger partial charge in [0.25, 0.3) is 0 Å². The summed E-state index contributed by atoms with van der Waals surface area (Å²) < 4.78 is 15.5. The lowest BCUT2D eigenvalue weighted by atomic mass is 9.78. The van der Waals surface area contributed by atoms with Gasteiger partial charge in [-0.2, -0.15) is 0 Å². The van der Waals surface area contributed by atoms with Crippen molar-refractivity contribution in [2.75, 3.05) is 0 Å². The van der Waals surface area contributed by atoms with Crippen LogP contribution in [-0.2, 0) is 5.41 Å². The lowest BCUT2D eigenvalue weighted by Gasteiger charge is -2.31. The van der Waals surface area contributed by atoms with Crippen LogP contribution in [0.25, 0.3) is 0 Å². The Morgan fingerprint density at radius 2 is 0.818 bits per heavy atom. The third-order valence-corrected chi connectivity index (χ3v) is 7.99. The number of nitrogens with two attached hydrogens (primary N) is 2. The molecule has 0 heterocycles. The average molecular weight is 714 g/mol. The molecule has 0 aromatic heterocycles. The van der Waals surface area contributed by atoms with E-state index < -0.39 is 12.5 Å². The summed E-state index contributed by atoms with van der Waals surface area (Å²) >= 11 is 14.7.